The standard InChI is InChI=1S/C33H34F3N5O5S/c1-4-46-31(44)26-25(38-28(29-37-17(2)16-47-29)39-27(26)23-6-5-7-24(35)18(23)3)15-40-9-8-33(36)20(13-40)14-41(32(33)45)22-11-19(30(42)43)10-21(34)12-22/h5-7,10-12,17,20,27H,4,8-9,13-16H2,1-3H3,(H,38,39)(H,42,43)/t17?,20-,27-,33+/m0/s1. The molecule has 0 spiro atoms. The van der Waals surface area contributed by atoms with Gasteiger partial charge in [-0.05, 0) is 56.2 Å². The molecule has 4 aliphatic heterocycles. The maximum atomic E-state index is 16.4. The van der Waals surface area contributed by atoms with E-state index < -0.39 is 47.1 Å². The van der Waals surface area contributed by atoms with Gasteiger partial charge in [-0.1, -0.05) is 12.1 Å². The molecule has 2 aromatic rings. The van der Waals surface area contributed by atoms with Crippen LogP contribution in [0.4, 0.5) is 18.9 Å². The first-order valence-corrected chi connectivity index (χ1v) is 16.4. The van der Waals surface area contributed by atoms with Gasteiger partial charge in [0.1, 0.15) is 22.7 Å². The third-order valence-corrected chi connectivity index (χ3v) is 10.2. The summed E-state index contributed by atoms with van der Waals surface area (Å²) in [7, 11) is 0. The molecule has 0 aromatic heterocycles. The van der Waals surface area contributed by atoms with E-state index in [0.717, 1.165) is 28.9 Å². The van der Waals surface area contributed by atoms with E-state index in [1.807, 2.05) is 11.8 Å². The number of nitrogens with one attached hydrogen (secondary N) is 1. The summed E-state index contributed by atoms with van der Waals surface area (Å²) in [5, 5.41) is 13.3. The molecule has 4 aliphatic rings. The van der Waals surface area contributed by atoms with Gasteiger partial charge in [-0.15, -0.1) is 11.8 Å². The number of amidine groups is 1. The van der Waals surface area contributed by atoms with Gasteiger partial charge in [0.2, 0.25) is 0 Å². The summed E-state index contributed by atoms with van der Waals surface area (Å²) in [6.07, 6.45) is -0.163. The number of anilines is 1. The highest BCUT2D eigenvalue weighted by molar-refractivity contribution is 8.16. The fraction of sp³-hybridized carbons (Fsp3) is 0.424. The van der Waals surface area contributed by atoms with E-state index in [1.165, 1.54) is 17.8 Å². The van der Waals surface area contributed by atoms with E-state index in [1.54, 1.807) is 26.0 Å². The van der Waals surface area contributed by atoms with Crippen molar-refractivity contribution in [1.29, 1.82) is 0 Å². The molecule has 4 atom stereocenters. The number of esters is 1. The van der Waals surface area contributed by atoms with Crippen molar-refractivity contribution in [2.24, 2.45) is 15.9 Å². The van der Waals surface area contributed by atoms with E-state index in [9.17, 15) is 28.3 Å². The summed E-state index contributed by atoms with van der Waals surface area (Å²) in [6.45, 7) is 5.70. The van der Waals surface area contributed by atoms with Crippen LogP contribution in [-0.4, -0.2) is 89.0 Å². The number of fused-ring (bicyclic) bond motifs is 1. The van der Waals surface area contributed by atoms with Crippen molar-refractivity contribution < 1.29 is 37.4 Å². The van der Waals surface area contributed by atoms with Crippen molar-refractivity contribution in [1.82, 2.24) is 10.2 Å². The number of aromatic carboxylic acids is 1. The van der Waals surface area contributed by atoms with Gasteiger partial charge in [-0.25, -0.2) is 22.8 Å². The Kier molecular flexibility index (Phi) is 8.92. The molecule has 14 heteroatoms. The van der Waals surface area contributed by atoms with Crippen LogP contribution < -0.4 is 10.2 Å². The number of carboxylic acid groups (broad SMARTS) is 1. The summed E-state index contributed by atoms with van der Waals surface area (Å²) in [5.74, 6) is -3.75. The van der Waals surface area contributed by atoms with Crippen molar-refractivity contribution in [3.8, 4) is 0 Å². The fourth-order valence-corrected chi connectivity index (χ4v) is 7.52. The predicted octanol–water partition coefficient (Wildman–Crippen LogP) is 4.44. The van der Waals surface area contributed by atoms with Gasteiger partial charge in [-0.3, -0.25) is 19.7 Å². The normalized spacial score (nSPS) is 26.1. The summed E-state index contributed by atoms with van der Waals surface area (Å²) >= 11 is 1.52. The SMILES string of the molecule is CCOC(=O)C1=C(CN2CC[C@]3(F)C(=O)N(c4cc(F)cc(C(=O)O)c4)C[C@@H]3C2)NC(C2=NC(C)CS2)=N[C@H]1c1cccc(F)c1C. The van der Waals surface area contributed by atoms with Crippen LogP contribution in [0.25, 0.3) is 0 Å². The number of piperidine rings is 1. The summed E-state index contributed by atoms with van der Waals surface area (Å²) in [6, 6.07) is 6.79. The van der Waals surface area contributed by atoms with Crippen molar-refractivity contribution >= 4 is 46.2 Å². The van der Waals surface area contributed by atoms with Crippen molar-refractivity contribution in [2.45, 2.75) is 44.9 Å². The molecule has 2 aromatic carbocycles. The number of nitrogens with zero attached hydrogens (tertiary/aromatic N) is 4. The second-order valence-corrected chi connectivity index (χ2v) is 13.1. The number of ether oxygens (including phenoxy) is 1. The highest BCUT2D eigenvalue weighted by Gasteiger charge is 2.57. The molecule has 6 rings (SSSR count). The Morgan fingerprint density at radius 2 is 1.98 bits per heavy atom. The number of aliphatic imine (C=N–C) groups is 2. The van der Waals surface area contributed by atoms with Crippen LogP contribution in [0.1, 0.15) is 47.8 Å². The van der Waals surface area contributed by atoms with Gasteiger partial charge < -0.3 is 20.1 Å². The molecule has 47 heavy (non-hydrogen) atoms. The summed E-state index contributed by atoms with van der Waals surface area (Å²) in [4.78, 5) is 51.0. The van der Waals surface area contributed by atoms with Gasteiger partial charge in [0, 0.05) is 55.7 Å². The average molecular weight is 670 g/mol. The minimum Gasteiger partial charge on any atom is -0.478 e. The Hall–Kier alpha value is -4.17. The number of hydrogen-bond donors (Lipinski definition) is 2. The molecular formula is C33H34F3N5O5S. The second-order valence-electron chi connectivity index (χ2n) is 12.1. The maximum Gasteiger partial charge on any atom is 0.338 e. The van der Waals surface area contributed by atoms with E-state index >= 15 is 4.39 Å². The van der Waals surface area contributed by atoms with Gasteiger partial charge in [-0.2, -0.15) is 0 Å². The monoisotopic (exact) mass is 669 g/mol. The molecule has 10 nitrogen and oxygen atoms in total. The number of thioether (sulfide) groups is 1. The predicted molar refractivity (Wildman–Crippen MR) is 172 cm³/mol. The van der Waals surface area contributed by atoms with E-state index in [0.29, 0.717) is 27.7 Å². The number of hydrogen-bond acceptors (Lipinski definition) is 9. The average Bonchev–Trinajstić information content (AvgIpc) is 3.58. The quantitative estimate of drug-likeness (QED) is 0.396. The highest BCUT2D eigenvalue weighted by Crippen LogP contribution is 2.43. The summed E-state index contributed by atoms with van der Waals surface area (Å²) < 4.78 is 50.9. The molecule has 0 aliphatic carbocycles. The third-order valence-electron chi connectivity index (χ3n) is 8.97. The van der Waals surface area contributed by atoms with Crippen LogP contribution in [-0.2, 0) is 14.3 Å². The Morgan fingerprint density at radius 3 is 2.68 bits per heavy atom. The summed E-state index contributed by atoms with van der Waals surface area (Å²) in [5.41, 5.74) is -1.12. The molecular weight excluding hydrogens is 635 g/mol. The van der Waals surface area contributed by atoms with E-state index in [4.69, 9.17) is 14.7 Å². The van der Waals surface area contributed by atoms with Crippen LogP contribution in [0.5, 0.6) is 0 Å². The molecule has 0 bridgehead atoms. The van der Waals surface area contributed by atoms with Crippen LogP contribution in [0.2, 0.25) is 0 Å². The van der Waals surface area contributed by atoms with Crippen molar-refractivity contribution in [2.75, 3.05) is 43.4 Å². The number of amides is 1. The molecule has 0 radical (unpaired) electrons. The molecule has 248 valence electrons. The number of halogens is 3. The number of benzene rings is 2. The number of carbonyl (C=O) groups is 3. The van der Waals surface area contributed by atoms with Crippen molar-refractivity contribution in [3.63, 3.8) is 0 Å². The Balaban J connectivity index is 1.33. The highest BCUT2D eigenvalue weighted by atomic mass is 32.2. The van der Waals surface area contributed by atoms with Crippen LogP contribution in [0.15, 0.2) is 57.7 Å². The van der Waals surface area contributed by atoms with Gasteiger partial charge in [0.15, 0.2) is 11.5 Å². The van der Waals surface area contributed by atoms with Gasteiger partial charge >= 0.3 is 11.9 Å². The number of carboxylic acids is 1. The smallest absolute Gasteiger partial charge is 0.338 e. The fourth-order valence-electron chi connectivity index (χ4n) is 6.56. The number of rotatable bonds is 8. The molecule has 1 unspecified atom stereocenters. The zero-order valence-corrected chi connectivity index (χ0v) is 26.9. The number of alkyl halides is 1. The topological polar surface area (TPSA) is 124 Å². The molecule has 2 fully saturated rings. The molecule has 2 saturated heterocycles. The van der Waals surface area contributed by atoms with Crippen LogP contribution >= 0.6 is 11.8 Å². The number of likely N-dealkylation sites (tertiary alicyclic amines) is 1. The minimum atomic E-state index is -2.23. The number of carbonyl (C=O) groups excluding carboxylic acids is 2. The zero-order chi connectivity index (χ0) is 33.6. The lowest BCUT2D eigenvalue weighted by molar-refractivity contribution is -0.139. The Morgan fingerprint density at radius 1 is 1.19 bits per heavy atom. The molecule has 4 heterocycles. The van der Waals surface area contributed by atoms with E-state index in [2.05, 4.69) is 5.32 Å². The molecule has 2 N–H and O–H groups in total. The lowest BCUT2D eigenvalue weighted by Gasteiger charge is -2.38. The van der Waals surface area contributed by atoms with Crippen LogP contribution in [0, 0.1) is 24.5 Å². The largest absolute Gasteiger partial charge is 0.478 e. The first kappa shape index (κ1) is 32.8. The van der Waals surface area contributed by atoms with Crippen LogP contribution in [0.3, 0.4) is 0 Å². The molecule has 1 amide bonds. The Bertz CT molecular complexity index is 1750. The lowest BCUT2D eigenvalue weighted by atomic mass is 9.84. The van der Waals surface area contributed by atoms with E-state index in [-0.39, 0.29) is 62.1 Å². The maximum absolute atomic E-state index is 16.4. The molecule has 0 saturated carbocycles. The third kappa shape index (κ3) is 6.16. The lowest BCUT2D eigenvalue weighted by Crippen LogP contribution is -2.52. The van der Waals surface area contributed by atoms with Crippen molar-refractivity contribution in [3.05, 3.63) is 76.0 Å². The Labute approximate surface area is 273 Å². The minimum absolute atomic E-state index is 0.0233. The van der Waals surface area contributed by atoms with Gasteiger partial charge in [0.05, 0.1) is 23.8 Å². The zero-order valence-electron chi connectivity index (χ0n) is 26.1. The second kappa shape index (κ2) is 12.8. The van der Waals surface area contributed by atoms with Gasteiger partial charge in [0.25, 0.3) is 5.91 Å². The first-order chi connectivity index (χ1) is 22.4. The first-order valence-electron chi connectivity index (χ1n) is 15.4.